The number of para-hydroxylation sites is 1. The molecule has 0 radical (unpaired) electrons. The van der Waals surface area contributed by atoms with E-state index in [0.29, 0.717) is 54.4 Å². The molecule has 3 aliphatic rings. The average molecular weight is 591 g/mol. The van der Waals surface area contributed by atoms with Gasteiger partial charge in [-0.2, -0.15) is 0 Å². The number of halogens is 1. The van der Waals surface area contributed by atoms with Gasteiger partial charge in [-0.1, -0.05) is 12.1 Å². The summed E-state index contributed by atoms with van der Waals surface area (Å²) < 4.78 is 33.3. The number of amides is 2. The molecule has 0 bridgehead atoms. The van der Waals surface area contributed by atoms with Crippen molar-refractivity contribution in [2.24, 2.45) is 0 Å². The Balaban J connectivity index is 1.21. The molecule has 2 N–H and O–H groups in total. The monoisotopic (exact) mass is 590 g/mol. The molecule has 12 heteroatoms. The number of hydrogen-bond donors (Lipinski definition) is 2. The van der Waals surface area contributed by atoms with Crippen LogP contribution in [0.5, 0.6) is 11.5 Å². The molecule has 1 atom stereocenters. The molecule has 2 fully saturated rings. The number of aromatic nitrogens is 2. The Labute approximate surface area is 249 Å². The van der Waals surface area contributed by atoms with E-state index in [-0.39, 0.29) is 23.6 Å². The van der Waals surface area contributed by atoms with Gasteiger partial charge in [0, 0.05) is 57.0 Å². The lowest BCUT2D eigenvalue weighted by atomic mass is 10.0. The molecule has 3 aromatic rings. The van der Waals surface area contributed by atoms with E-state index in [1.165, 1.54) is 13.2 Å². The van der Waals surface area contributed by atoms with E-state index in [9.17, 15) is 14.0 Å². The van der Waals surface area contributed by atoms with Crippen LogP contribution in [-0.4, -0.2) is 97.0 Å². The third kappa shape index (κ3) is 6.06. The number of benzene rings is 1. The van der Waals surface area contributed by atoms with Gasteiger partial charge in [-0.05, 0) is 30.7 Å². The minimum absolute atomic E-state index is 0.0275. The van der Waals surface area contributed by atoms with Crippen LogP contribution in [0.1, 0.15) is 22.5 Å². The van der Waals surface area contributed by atoms with E-state index >= 15 is 0 Å². The van der Waals surface area contributed by atoms with Gasteiger partial charge in [0.25, 0.3) is 5.91 Å². The van der Waals surface area contributed by atoms with Gasteiger partial charge in [-0.15, -0.1) is 0 Å². The molecule has 11 nitrogen and oxygen atoms in total. The molecule has 226 valence electrons. The quantitative estimate of drug-likeness (QED) is 0.347. The Hall–Kier alpha value is -4.42. The number of methoxy groups -OCH3 is 1. The Kier molecular flexibility index (Phi) is 8.57. The van der Waals surface area contributed by atoms with Gasteiger partial charge < -0.3 is 24.4 Å². The normalized spacial score (nSPS) is 18.6. The highest BCUT2D eigenvalue weighted by atomic mass is 19.1. The zero-order valence-corrected chi connectivity index (χ0v) is 24.1. The Morgan fingerprint density at radius 1 is 1.23 bits per heavy atom. The van der Waals surface area contributed by atoms with Crippen LogP contribution in [0.25, 0.3) is 11.3 Å². The topological polar surface area (TPSA) is 110 Å². The van der Waals surface area contributed by atoms with Crippen LogP contribution >= 0.6 is 0 Å². The van der Waals surface area contributed by atoms with E-state index in [4.69, 9.17) is 14.2 Å². The van der Waals surface area contributed by atoms with Gasteiger partial charge in [0.2, 0.25) is 5.91 Å². The third-order valence-corrected chi connectivity index (χ3v) is 8.04. The summed E-state index contributed by atoms with van der Waals surface area (Å²) >= 11 is 0. The van der Waals surface area contributed by atoms with Gasteiger partial charge in [0.05, 0.1) is 55.2 Å². The zero-order valence-electron chi connectivity index (χ0n) is 24.1. The first-order valence-electron chi connectivity index (χ1n) is 14.5. The standard InChI is InChI=1S/C31H35FN6O5/c1-41-30-24(32)4-2-5-25(30)35-38-26-8-11-34-31(40)23(26)18-27(38)22-7-10-33-19-28(22)43-20-21-9-13-37(21)29(39)6-3-12-36-14-16-42-17-15-36/h2-7,10,18-19,21,35H,8-9,11-17,20H2,1H3,(H,34,40)/b6-3+/t21-/m0/s1. The van der Waals surface area contributed by atoms with Crippen molar-refractivity contribution >= 4 is 17.5 Å². The van der Waals surface area contributed by atoms with Gasteiger partial charge >= 0.3 is 0 Å². The van der Waals surface area contributed by atoms with Crippen LogP contribution in [0.4, 0.5) is 10.1 Å². The van der Waals surface area contributed by atoms with Gasteiger partial charge in [-0.25, -0.2) is 4.39 Å². The molecule has 3 aliphatic heterocycles. The molecule has 0 spiro atoms. The number of hydrogen-bond acceptors (Lipinski definition) is 8. The lowest BCUT2D eigenvalue weighted by molar-refractivity contribution is -0.134. The van der Waals surface area contributed by atoms with Crippen LogP contribution in [-0.2, 0) is 16.0 Å². The van der Waals surface area contributed by atoms with E-state index in [1.54, 1.807) is 41.3 Å². The van der Waals surface area contributed by atoms with Crippen molar-refractivity contribution in [3.05, 3.63) is 72.0 Å². The molecule has 2 aromatic heterocycles. The molecular formula is C31H35FN6O5. The van der Waals surface area contributed by atoms with Crippen LogP contribution in [0.15, 0.2) is 54.9 Å². The van der Waals surface area contributed by atoms with E-state index < -0.39 is 5.82 Å². The summed E-state index contributed by atoms with van der Waals surface area (Å²) in [6.07, 6.45) is 8.25. The second-order valence-electron chi connectivity index (χ2n) is 10.6. The Morgan fingerprint density at radius 3 is 2.88 bits per heavy atom. The highest BCUT2D eigenvalue weighted by molar-refractivity contribution is 5.98. The number of pyridine rings is 1. The molecule has 1 aromatic carbocycles. The summed E-state index contributed by atoms with van der Waals surface area (Å²) in [5.74, 6) is -0.141. The first kappa shape index (κ1) is 28.7. The third-order valence-electron chi connectivity index (χ3n) is 8.04. The molecular weight excluding hydrogens is 555 g/mol. The maximum Gasteiger partial charge on any atom is 0.253 e. The van der Waals surface area contributed by atoms with Crippen molar-refractivity contribution < 1.29 is 28.2 Å². The van der Waals surface area contributed by atoms with Crippen molar-refractivity contribution in [1.29, 1.82) is 0 Å². The molecule has 2 amide bonds. The number of carbonyl (C=O) groups excluding carboxylic acids is 2. The first-order valence-corrected chi connectivity index (χ1v) is 14.5. The average Bonchev–Trinajstić information content (AvgIpc) is 3.37. The molecule has 43 heavy (non-hydrogen) atoms. The predicted molar refractivity (Wildman–Crippen MR) is 158 cm³/mol. The van der Waals surface area contributed by atoms with Crippen LogP contribution < -0.4 is 20.2 Å². The van der Waals surface area contributed by atoms with Gasteiger partial charge in [0.15, 0.2) is 11.6 Å². The minimum atomic E-state index is -0.503. The largest absolute Gasteiger partial charge is 0.492 e. The van der Waals surface area contributed by atoms with Crippen molar-refractivity contribution in [1.82, 2.24) is 24.8 Å². The summed E-state index contributed by atoms with van der Waals surface area (Å²) in [7, 11) is 1.41. The predicted octanol–water partition coefficient (Wildman–Crippen LogP) is 2.73. The fourth-order valence-electron chi connectivity index (χ4n) is 5.61. The summed E-state index contributed by atoms with van der Waals surface area (Å²) in [6.45, 7) is 5.36. The number of nitrogens with zero attached hydrogens (tertiary/aromatic N) is 4. The number of anilines is 1. The SMILES string of the molecule is COc1c(F)cccc1Nn1c(-c2ccncc2OC[C@@H]2CCN2C(=O)/C=C/CN2CCOCC2)cc2c1CCNC2=O. The summed E-state index contributed by atoms with van der Waals surface area (Å²) in [6, 6.07) is 8.17. The molecule has 2 saturated heterocycles. The van der Waals surface area contributed by atoms with Crippen LogP contribution in [0, 0.1) is 5.82 Å². The molecule has 0 aliphatic carbocycles. The Morgan fingerprint density at radius 2 is 2.09 bits per heavy atom. The van der Waals surface area contributed by atoms with Crippen molar-refractivity contribution in [2.75, 3.05) is 65.1 Å². The molecule has 5 heterocycles. The highest BCUT2D eigenvalue weighted by Gasteiger charge is 2.32. The number of nitrogens with one attached hydrogen (secondary N) is 2. The summed E-state index contributed by atoms with van der Waals surface area (Å²) in [5.41, 5.74) is 6.30. The number of fused-ring (bicyclic) bond motifs is 1. The first-order chi connectivity index (χ1) is 21.0. The maximum absolute atomic E-state index is 14.5. The number of carbonyl (C=O) groups is 2. The summed E-state index contributed by atoms with van der Waals surface area (Å²) in [4.78, 5) is 34.0. The van der Waals surface area contributed by atoms with Crippen molar-refractivity contribution in [3.8, 4) is 22.8 Å². The van der Waals surface area contributed by atoms with Crippen LogP contribution in [0.3, 0.4) is 0 Å². The Bertz CT molecular complexity index is 1520. The van der Waals surface area contributed by atoms with Crippen molar-refractivity contribution in [3.63, 3.8) is 0 Å². The summed E-state index contributed by atoms with van der Waals surface area (Å²) in [5, 5.41) is 2.88. The van der Waals surface area contributed by atoms with Gasteiger partial charge in [0.1, 0.15) is 12.4 Å². The number of morpholine rings is 1. The smallest absolute Gasteiger partial charge is 0.253 e. The molecule has 6 rings (SSSR count). The molecule has 0 unspecified atom stereocenters. The molecule has 0 saturated carbocycles. The fourth-order valence-corrected chi connectivity index (χ4v) is 5.61. The zero-order chi connectivity index (χ0) is 29.8. The number of rotatable bonds is 10. The van der Waals surface area contributed by atoms with Gasteiger partial charge in [-0.3, -0.25) is 29.6 Å². The maximum atomic E-state index is 14.5. The second kappa shape index (κ2) is 12.8. The van der Waals surface area contributed by atoms with E-state index in [0.717, 1.165) is 45.0 Å². The second-order valence-corrected chi connectivity index (χ2v) is 10.6. The van der Waals surface area contributed by atoms with Crippen molar-refractivity contribution in [2.45, 2.75) is 18.9 Å². The fraction of sp³-hybridized carbons (Fsp3) is 0.387. The lowest BCUT2D eigenvalue weighted by Crippen LogP contribution is -2.53. The number of ether oxygens (including phenoxy) is 3. The van der Waals surface area contributed by atoms with E-state index in [1.807, 2.05) is 17.0 Å². The van der Waals surface area contributed by atoms with Crippen LogP contribution in [0.2, 0.25) is 0 Å². The minimum Gasteiger partial charge on any atom is -0.492 e. The highest BCUT2D eigenvalue weighted by Crippen LogP contribution is 2.36. The number of likely N-dealkylation sites (tertiary alicyclic amines) is 1. The lowest BCUT2D eigenvalue weighted by Gasteiger charge is -2.40. The van der Waals surface area contributed by atoms with E-state index in [2.05, 4.69) is 20.6 Å².